The quantitative estimate of drug-likeness (QED) is 0.751. The Hall–Kier alpha value is -2.81. The van der Waals surface area contributed by atoms with Gasteiger partial charge in [-0.05, 0) is 30.2 Å². The molecule has 0 radical (unpaired) electrons. The fourth-order valence-corrected chi connectivity index (χ4v) is 2.70. The van der Waals surface area contributed by atoms with Crippen molar-refractivity contribution in [2.24, 2.45) is 4.99 Å². The largest absolute Gasteiger partial charge is 0.367 e. The molecule has 0 amide bonds. The summed E-state index contributed by atoms with van der Waals surface area (Å²) >= 11 is 0. The SMILES string of the molecule is C1=CCC2=CNC=Cc3c([nH]c4ccccc34)C=NC2=C1. The average Bonchev–Trinajstić information content (AvgIpc) is 2.89. The van der Waals surface area contributed by atoms with Gasteiger partial charge in [-0.1, -0.05) is 30.4 Å². The van der Waals surface area contributed by atoms with Gasteiger partial charge in [0.05, 0.1) is 17.6 Å². The molecule has 2 aromatic rings. The summed E-state index contributed by atoms with van der Waals surface area (Å²) in [6.07, 6.45) is 15.1. The zero-order valence-electron chi connectivity index (χ0n) is 11.5. The number of benzene rings is 1. The number of aromatic amines is 1. The molecular formula is C18H15N3. The molecule has 3 nitrogen and oxygen atoms in total. The van der Waals surface area contributed by atoms with E-state index in [1.165, 1.54) is 11.0 Å². The van der Waals surface area contributed by atoms with Crippen LogP contribution in [-0.4, -0.2) is 11.2 Å². The normalized spacial score (nSPS) is 16.8. The number of aliphatic imine (C=N–C) groups is 1. The lowest BCUT2D eigenvalue weighted by molar-refractivity contribution is 1.08. The molecule has 3 heteroatoms. The predicted octanol–water partition coefficient (Wildman–Crippen LogP) is 3.89. The first-order valence-corrected chi connectivity index (χ1v) is 7.05. The number of nitrogens with zero attached hydrogens (tertiary/aromatic N) is 1. The number of rotatable bonds is 0. The summed E-state index contributed by atoms with van der Waals surface area (Å²) in [5, 5.41) is 4.45. The van der Waals surface area contributed by atoms with Crippen molar-refractivity contribution in [1.29, 1.82) is 0 Å². The van der Waals surface area contributed by atoms with Gasteiger partial charge >= 0.3 is 0 Å². The molecule has 0 spiro atoms. The van der Waals surface area contributed by atoms with Crippen molar-refractivity contribution < 1.29 is 0 Å². The van der Waals surface area contributed by atoms with Crippen molar-refractivity contribution in [3.63, 3.8) is 0 Å². The molecule has 1 aromatic carbocycles. The van der Waals surface area contributed by atoms with Gasteiger partial charge in [-0.3, -0.25) is 4.99 Å². The highest BCUT2D eigenvalue weighted by atomic mass is 14.8. The van der Waals surface area contributed by atoms with Gasteiger partial charge in [-0.25, -0.2) is 0 Å². The van der Waals surface area contributed by atoms with Crippen molar-refractivity contribution in [2.45, 2.75) is 6.42 Å². The Morgan fingerprint density at radius 3 is 3.10 bits per heavy atom. The lowest BCUT2D eigenvalue weighted by atomic mass is 10.1. The molecule has 2 aliphatic rings. The summed E-state index contributed by atoms with van der Waals surface area (Å²) in [5.74, 6) is 0. The highest BCUT2D eigenvalue weighted by molar-refractivity contribution is 5.99. The number of H-pyrrole nitrogens is 1. The summed E-state index contributed by atoms with van der Waals surface area (Å²) in [6.45, 7) is 0. The third-order valence-electron chi connectivity index (χ3n) is 3.77. The Labute approximate surface area is 123 Å². The molecule has 2 heterocycles. The zero-order chi connectivity index (χ0) is 14.1. The minimum atomic E-state index is 0.906. The van der Waals surface area contributed by atoms with Crippen molar-refractivity contribution in [3.05, 3.63) is 77.4 Å². The Morgan fingerprint density at radius 1 is 1.14 bits per heavy atom. The number of hydrogen-bond acceptors (Lipinski definition) is 2. The molecular weight excluding hydrogens is 258 g/mol. The van der Waals surface area contributed by atoms with Crippen LogP contribution in [0.1, 0.15) is 17.7 Å². The first-order valence-electron chi connectivity index (χ1n) is 7.05. The number of aromatic nitrogens is 1. The van der Waals surface area contributed by atoms with E-state index in [9.17, 15) is 0 Å². The van der Waals surface area contributed by atoms with Gasteiger partial charge in [0.2, 0.25) is 0 Å². The number of fused-ring (bicyclic) bond motifs is 4. The summed E-state index contributed by atoms with van der Waals surface area (Å²) in [4.78, 5) is 8.09. The molecule has 0 bridgehead atoms. The number of hydrogen-bond donors (Lipinski definition) is 2. The number of allylic oxidation sites excluding steroid dienone is 4. The van der Waals surface area contributed by atoms with E-state index in [1.807, 2.05) is 30.8 Å². The smallest absolute Gasteiger partial charge is 0.0680 e. The van der Waals surface area contributed by atoms with E-state index in [2.05, 4.69) is 51.7 Å². The maximum Gasteiger partial charge on any atom is 0.0680 e. The van der Waals surface area contributed by atoms with Crippen LogP contribution in [0, 0.1) is 0 Å². The monoisotopic (exact) mass is 273 g/mol. The van der Waals surface area contributed by atoms with Gasteiger partial charge in [-0.15, -0.1) is 0 Å². The second-order valence-electron chi connectivity index (χ2n) is 5.11. The van der Waals surface area contributed by atoms with Crippen LogP contribution in [0.15, 0.2) is 71.2 Å². The first-order chi connectivity index (χ1) is 10.4. The van der Waals surface area contributed by atoms with Crippen molar-refractivity contribution >= 4 is 23.2 Å². The molecule has 0 fully saturated rings. The fourth-order valence-electron chi connectivity index (χ4n) is 2.70. The summed E-state index contributed by atoms with van der Waals surface area (Å²) < 4.78 is 0. The van der Waals surface area contributed by atoms with Gasteiger partial charge in [-0.2, -0.15) is 0 Å². The maximum atomic E-state index is 4.65. The van der Waals surface area contributed by atoms with Crippen LogP contribution in [0.5, 0.6) is 0 Å². The average molecular weight is 273 g/mol. The highest BCUT2D eigenvalue weighted by Crippen LogP contribution is 2.25. The second kappa shape index (κ2) is 4.94. The Morgan fingerprint density at radius 2 is 2.10 bits per heavy atom. The lowest BCUT2D eigenvalue weighted by Gasteiger charge is -2.10. The van der Waals surface area contributed by atoms with E-state index < -0.39 is 0 Å². The molecule has 102 valence electrons. The van der Waals surface area contributed by atoms with Gasteiger partial charge in [0.1, 0.15) is 0 Å². The highest BCUT2D eigenvalue weighted by Gasteiger charge is 2.10. The summed E-state index contributed by atoms with van der Waals surface area (Å²) in [6, 6.07) is 8.31. The van der Waals surface area contributed by atoms with Crippen LogP contribution in [0.4, 0.5) is 0 Å². The summed E-state index contributed by atoms with van der Waals surface area (Å²) in [7, 11) is 0. The molecule has 1 aliphatic heterocycles. The van der Waals surface area contributed by atoms with E-state index in [-0.39, 0.29) is 0 Å². The standard InChI is InChI=1S/C18H15N3/c1-3-7-16-13(5-1)11-19-10-9-15-14-6-2-4-8-17(14)21-18(15)12-20-16/h1-4,6-12,19,21H,5H2. The van der Waals surface area contributed by atoms with Crippen molar-refractivity contribution in [1.82, 2.24) is 10.3 Å². The lowest BCUT2D eigenvalue weighted by Crippen LogP contribution is -2.01. The molecule has 0 atom stereocenters. The fraction of sp³-hybridized carbons (Fsp3) is 0.0556. The van der Waals surface area contributed by atoms with E-state index in [0.717, 1.165) is 28.9 Å². The van der Waals surface area contributed by atoms with E-state index >= 15 is 0 Å². The molecule has 1 aliphatic carbocycles. The minimum absolute atomic E-state index is 0.906. The van der Waals surface area contributed by atoms with Crippen molar-refractivity contribution in [2.75, 3.05) is 0 Å². The maximum absolute atomic E-state index is 4.65. The molecule has 2 N–H and O–H groups in total. The van der Waals surface area contributed by atoms with Crippen LogP contribution in [0.2, 0.25) is 0 Å². The number of para-hydroxylation sites is 1. The molecule has 4 rings (SSSR count). The Bertz CT molecular complexity index is 844. The van der Waals surface area contributed by atoms with Gasteiger partial charge < -0.3 is 10.3 Å². The van der Waals surface area contributed by atoms with Crippen LogP contribution in [-0.2, 0) is 0 Å². The van der Waals surface area contributed by atoms with Crippen LogP contribution < -0.4 is 5.32 Å². The topological polar surface area (TPSA) is 40.2 Å². The van der Waals surface area contributed by atoms with Gasteiger partial charge in [0, 0.05) is 28.9 Å². The summed E-state index contributed by atoms with van der Waals surface area (Å²) in [5.41, 5.74) is 5.52. The van der Waals surface area contributed by atoms with Crippen molar-refractivity contribution in [3.8, 4) is 0 Å². The third-order valence-corrected chi connectivity index (χ3v) is 3.77. The molecule has 21 heavy (non-hydrogen) atoms. The Balaban J connectivity index is 1.89. The zero-order valence-corrected chi connectivity index (χ0v) is 11.5. The molecule has 0 saturated carbocycles. The minimum Gasteiger partial charge on any atom is -0.367 e. The molecule has 0 saturated heterocycles. The van der Waals surface area contributed by atoms with Crippen LogP contribution >= 0.6 is 0 Å². The van der Waals surface area contributed by atoms with E-state index in [1.54, 1.807) is 0 Å². The van der Waals surface area contributed by atoms with Gasteiger partial charge in [0.15, 0.2) is 0 Å². The van der Waals surface area contributed by atoms with Gasteiger partial charge in [0.25, 0.3) is 0 Å². The number of nitrogens with one attached hydrogen (secondary N) is 2. The van der Waals surface area contributed by atoms with E-state index in [0.29, 0.717) is 0 Å². The predicted molar refractivity (Wildman–Crippen MR) is 88.0 cm³/mol. The first kappa shape index (κ1) is 12.0. The van der Waals surface area contributed by atoms with Crippen LogP contribution in [0.25, 0.3) is 17.0 Å². The third kappa shape index (κ3) is 2.13. The second-order valence-corrected chi connectivity index (χ2v) is 5.11. The molecule has 1 aromatic heterocycles. The van der Waals surface area contributed by atoms with E-state index in [4.69, 9.17) is 0 Å². The Kier molecular flexibility index (Phi) is 2.82. The van der Waals surface area contributed by atoms with Crippen LogP contribution in [0.3, 0.4) is 0 Å². The molecule has 0 unspecified atom stereocenters.